The van der Waals surface area contributed by atoms with Crippen LogP contribution in [-0.2, 0) is 9.53 Å². The molecule has 3 aromatic rings. The first-order valence-electron chi connectivity index (χ1n) is 8.58. The van der Waals surface area contributed by atoms with Crippen LogP contribution in [0.4, 0.5) is 0 Å². The lowest BCUT2D eigenvalue weighted by atomic mass is 10.2. The van der Waals surface area contributed by atoms with Gasteiger partial charge < -0.3 is 19.2 Å². The van der Waals surface area contributed by atoms with E-state index in [9.17, 15) is 14.4 Å². The van der Waals surface area contributed by atoms with Gasteiger partial charge in [-0.05, 0) is 30.3 Å². The molecule has 0 fully saturated rings. The van der Waals surface area contributed by atoms with Gasteiger partial charge in [0.25, 0.3) is 11.8 Å². The third-order valence-corrected chi connectivity index (χ3v) is 4.05. The van der Waals surface area contributed by atoms with E-state index < -0.39 is 24.4 Å². The summed E-state index contributed by atoms with van der Waals surface area (Å²) < 4.78 is 15.2. The van der Waals surface area contributed by atoms with Crippen LogP contribution in [-0.4, -0.2) is 43.6 Å². The van der Waals surface area contributed by atoms with E-state index in [0.717, 1.165) is 10.9 Å². The molecule has 0 spiro atoms. The maximum Gasteiger partial charge on any atom is 0.355 e. The molecule has 0 aliphatic heterocycles. The van der Waals surface area contributed by atoms with E-state index in [1.165, 1.54) is 26.4 Å². The van der Waals surface area contributed by atoms with Crippen molar-refractivity contribution < 1.29 is 28.6 Å². The summed E-state index contributed by atoms with van der Waals surface area (Å²) in [5.74, 6) is -1.09. The highest BCUT2D eigenvalue weighted by atomic mass is 16.5. The largest absolute Gasteiger partial charge is 0.493 e. The Morgan fingerprint density at radius 1 is 0.931 bits per heavy atom. The van der Waals surface area contributed by atoms with Gasteiger partial charge in [0.1, 0.15) is 5.69 Å². The summed E-state index contributed by atoms with van der Waals surface area (Å²) >= 11 is 0. The lowest BCUT2D eigenvalue weighted by Gasteiger charge is -2.10. The van der Waals surface area contributed by atoms with Gasteiger partial charge in [0.05, 0.1) is 14.2 Å². The van der Waals surface area contributed by atoms with Crippen molar-refractivity contribution in [3.63, 3.8) is 0 Å². The lowest BCUT2D eigenvalue weighted by Crippen LogP contribution is -2.43. The molecule has 3 rings (SSSR count). The number of hydrogen-bond donors (Lipinski definition) is 3. The molecule has 0 saturated carbocycles. The number of fused-ring (bicyclic) bond motifs is 1. The second-order valence-electron chi connectivity index (χ2n) is 5.92. The molecule has 29 heavy (non-hydrogen) atoms. The van der Waals surface area contributed by atoms with E-state index in [2.05, 4.69) is 15.8 Å². The Bertz CT molecular complexity index is 1030. The molecule has 0 aliphatic rings. The number of carbonyl (C=O) groups is 3. The molecular formula is C20H19N3O6. The van der Waals surface area contributed by atoms with Gasteiger partial charge in [-0.25, -0.2) is 4.79 Å². The number of benzene rings is 2. The third kappa shape index (κ3) is 4.64. The van der Waals surface area contributed by atoms with Gasteiger partial charge in [0.15, 0.2) is 18.1 Å². The number of hydrazine groups is 1. The van der Waals surface area contributed by atoms with Gasteiger partial charge in [0.2, 0.25) is 0 Å². The monoisotopic (exact) mass is 397 g/mol. The number of ether oxygens (including phenoxy) is 3. The quantitative estimate of drug-likeness (QED) is 0.431. The second kappa shape index (κ2) is 8.79. The van der Waals surface area contributed by atoms with Crippen molar-refractivity contribution in [2.45, 2.75) is 0 Å². The smallest absolute Gasteiger partial charge is 0.355 e. The number of nitrogens with one attached hydrogen (secondary N) is 3. The van der Waals surface area contributed by atoms with Gasteiger partial charge in [-0.2, -0.15) is 0 Å². The highest BCUT2D eigenvalue weighted by Gasteiger charge is 2.14. The summed E-state index contributed by atoms with van der Waals surface area (Å²) in [7, 11) is 2.93. The van der Waals surface area contributed by atoms with Gasteiger partial charge in [-0.3, -0.25) is 20.4 Å². The average molecular weight is 397 g/mol. The van der Waals surface area contributed by atoms with Crippen molar-refractivity contribution >= 4 is 28.7 Å². The molecule has 2 amide bonds. The summed E-state index contributed by atoms with van der Waals surface area (Å²) in [5.41, 5.74) is 5.68. The second-order valence-corrected chi connectivity index (χ2v) is 5.92. The zero-order valence-corrected chi connectivity index (χ0v) is 15.8. The van der Waals surface area contributed by atoms with E-state index in [1.54, 1.807) is 12.1 Å². The van der Waals surface area contributed by atoms with Crippen LogP contribution >= 0.6 is 0 Å². The number of amides is 2. The minimum Gasteiger partial charge on any atom is -0.493 e. The number of rotatable bonds is 6. The molecule has 9 nitrogen and oxygen atoms in total. The molecule has 1 heterocycles. The van der Waals surface area contributed by atoms with Crippen LogP contribution in [0.1, 0.15) is 20.8 Å². The molecule has 0 unspecified atom stereocenters. The molecule has 9 heteroatoms. The van der Waals surface area contributed by atoms with Crippen molar-refractivity contribution in [2.24, 2.45) is 0 Å². The number of aromatic nitrogens is 1. The van der Waals surface area contributed by atoms with Crippen LogP contribution < -0.4 is 20.3 Å². The van der Waals surface area contributed by atoms with Crippen molar-refractivity contribution in [3.05, 3.63) is 59.8 Å². The topological polar surface area (TPSA) is 119 Å². The molecule has 3 N–H and O–H groups in total. The van der Waals surface area contributed by atoms with E-state index in [0.29, 0.717) is 11.5 Å². The highest BCUT2D eigenvalue weighted by Crippen LogP contribution is 2.27. The SMILES string of the molecule is COc1ccc(C(=O)NNC(=O)COC(=O)c2cc3ccccc3[nH]2)cc1OC. The molecule has 0 aliphatic carbocycles. The molecular weight excluding hydrogens is 378 g/mol. The van der Waals surface area contributed by atoms with E-state index in [-0.39, 0.29) is 11.3 Å². The van der Waals surface area contributed by atoms with Crippen molar-refractivity contribution in [2.75, 3.05) is 20.8 Å². The summed E-state index contributed by atoms with van der Waals surface area (Å²) in [6.07, 6.45) is 0. The third-order valence-electron chi connectivity index (χ3n) is 4.05. The Morgan fingerprint density at radius 3 is 2.41 bits per heavy atom. The Balaban J connectivity index is 1.50. The molecule has 0 atom stereocenters. The minimum absolute atomic E-state index is 0.230. The van der Waals surface area contributed by atoms with Gasteiger partial charge in [0, 0.05) is 16.5 Å². The zero-order valence-electron chi connectivity index (χ0n) is 15.8. The van der Waals surface area contributed by atoms with Crippen LogP contribution in [0, 0.1) is 0 Å². The number of carbonyl (C=O) groups excluding carboxylic acids is 3. The summed E-state index contributed by atoms with van der Waals surface area (Å²) in [6.45, 7) is -0.555. The Morgan fingerprint density at radius 2 is 1.69 bits per heavy atom. The number of esters is 1. The molecule has 150 valence electrons. The summed E-state index contributed by atoms with van der Waals surface area (Å²) in [5, 5.41) is 0.853. The molecule has 0 radical (unpaired) electrons. The molecule has 0 saturated heterocycles. The fraction of sp³-hybridized carbons (Fsp3) is 0.150. The number of H-pyrrole nitrogens is 1. The fourth-order valence-electron chi connectivity index (χ4n) is 2.60. The Hall–Kier alpha value is -4.01. The van der Waals surface area contributed by atoms with E-state index >= 15 is 0 Å². The molecule has 1 aromatic heterocycles. The number of para-hydroxylation sites is 1. The van der Waals surface area contributed by atoms with Gasteiger partial charge in [-0.1, -0.05) is 18.2 Å². The lowest BCUT2D eigenvalue weighted by molar-refractivity contribution is -0.125. The normalized spacial score (nSPS) is 10.3. The van der Waals surface area contributed by atoms with E-state index in [1.807, 2.05) is 24.3 Å². The van der Waals surface area contributed by atoms with Crippen LogP contribution in [0.25, 0.3) is 10.9 Å². The maximum absolute atomic E-state index is 12.1. The van der Waals surface area contributed by atoms with Crippen LogP contribution in [0.2, 0.25) is 0 Å². The molecule has 2 aromatic carbocycles. The summed E-state index contributed by atoms with van der Waals surface area (Å²) in [4.78, 5) is 39.0. The number of aromatic amines is 1. The van der Waals surface area contributed by atoms with Crippen LogP contribution in [0.5, 0.6) is 11.5 Å². The first-order chi connectivity index (χ1) is 14.0. The molecule has 0 bridgehead atoms. The maximum atomic E-state index is 12.1. The Kier molecular flexibility index (Phi) is 5.98. The number of hydrogen-bond acceptors (Lipinski definition) is 6. The minimum atomic E-state index is -0.691. The van der Waals surface area contributed by atoms with Crippen molar-refractivity contribution in [3.8, 4) is 11.5 Å². The standard InChI is InChI=1S/C20H19N3O6/c1-27-16-8-7-13(10-17(16)28-2)19(25)23-22-18(24)11-29-20(26)15-9-12-5-3-4-6-14(12)21-15/h3-10,21H,11H2,1-2H3,(H,22,24)(H,23,25). The summed E-state index contributed by atoms with van der Waals surface area (Å²) in [6, 6.07) is 13.5. The fourth-order valence-corrected chi connectivity index (χ4v) is 2.60. The zero-order chi connectivity index (χ0) is 20.8. The highest BCUT2D eigenvalue weighted by molar-refractivity contribution is 5.97. The van der Waals surface area contributed by atoms with Crippen LogP contribution in [0.3, 0.4) is 0 Å². The van der Waals surface area contributed by atoms with Gasteiger partial charge in [-0.15, -0.1) is 0 Å². The van der Waals surface area contributed by atoms with E-state index in [4.69, 9.17) is 14.2 Å². The van der Waals surface area contributed by atoms with Crippen LogP contribution in [0.15, 0.2) is 48.5 Å². The predicted molar refractivity (Wildman–Crippen MR) is 104 cm³/mol. The Labute approximate surface area is 165 Å². The predicted octanol–water partition coefficient (Wildman–Crippen LogP) is 1.80. The first kappa shape index (κ1) is 19.7. The van der Waals surface area contributed by atoms with Gasteiger partial charge >= 0.3 is 5.97 Å². The van der Waals surface area contributed by atoms with Crippen molar-refractivity contribution in [1.29, 1.82) is 0 Å². The average Bonchev–Trinajstić information content (AvgIpc) is 3.19. The first-order valence-corrected chi connectivity index (χ1v) is 8.58. The van der Waals surface area contributed by atoms with Crippen molar-refractivity contribution in [1.82, 2.24) is 15.8 Å². The number of methoxy groups -OCH3 is 2.